The third-order valence-corrected chi connectivity index (χ3v) is 5.29. The van der Waals surface area contributed by atoms with E-state index in [0.717, 1.165) is 11.4 Å². The third-order valence-electron chi connectivity index (χ3n) is 4.45. The summed E-state index contributed by atoms with van der Waals surface area (Å²) in [6.45, 7) is 2.02. The largest absolute Gasteiger partial charge is 0.349 e. The van der Waals surface area contributed by atoms with Crippen LogP contribution in [0.25, 0.3) is 10.8 Å². The lowest BCUT2D eigenvalue weighted by atomic mass is 10.00. The summed E-state index contributed by atoms with van der Waals surface area (Å²) >= 11 is 1.37. The van der Waals surface area contributed by atoms with E-state index >= 15 is 0 Å². The molecule has 1 fully saturated rings. The highest BCUT2D eigenvalue weighted by Crippen LogP contribution is 2.38. The zero-order valence-corrected chi connectivity index (χ0v) is 14.8. The van der Waals surface area contributed by atoms with Crippen LogP contribution in [0.4, 0.5) is 0 Å². The van der Waals surface area contributed by atoms with Crippen molar-refractivity contribution in [1.82, 2.24) is 20.5 Å². The number of thioether (sulfide) groups is 1. The van der Waals surface area contributed by atoms with Crippen molar-refractivity contribution >= 4 is 28.4 Å². The first kappa shape index (κ1) is 16.1. The Morgan fingerprint density at radius 2 is 2.08 bits per heavy atom. The topological polar surface area (TPSA) is 70.7 Å². The summed E-state index contributed by atoms with van der Waals surface area (Å²) in [7, 11) is 0. The average molecular weight is 352 g/mol. The lowest BCUT2D eigenvalue weighted by molar-refractivity contribution is -0.119. The number of aromatic nitrogens is 3. The highest BCUT2D eigenvalue weighted by atomic mass is 32.2. The first-order valence-corrected chi connectivity index (χ1v) is 9.51. The fraction of sp³-hybridized carbons (Fsp3) is 0.316. The maximum atomic E-state index is 12.3. The zero-order chi connectivity index (χ0) is 17.2. The molecule has 6 heteroatoms. The van der Waals surface area contributed by atoms with Crippen molar-refractivity contribution < 1.29 is 4.79 Å². The van der Waals surface area contributed by atoms with Crippen molar-refractivity contribution in [2.45, 2.75) is 36.9 Å². The van der Waals surface area contributed by atoms with Crippen LogP contribution in [0.3, 0.4) is 0 Å². The van der Waals surface area contributed by atoms with Crippen LogP contribution < -0.4 is 5.32 Å². The van der Waals surface area contributed by atoms with Gasteiger partial charge in [-0.3, -0.25) is 9.89 Å². The fourth-order valence-electron chi connectivity index (χ4n) is 2.98. The summed E-state index contributed by atoms with van der Waals surface area (Å²) < 4.78 is 0. The Kier molecular flexibility index (Phi) is 4.44. The van der Waals surface area contributed by atoms with Crippen molar-refractivity contribution in [2.75, 3.05) is 5.75 Å². The molecule has 4 rings (SSSR count). The number of rotatable bonds is 6. The molecule has 0 bridgehead atoms. The molecule has 0 saturated heterocycles. The molecular formula is C19H20N4OS. The van der Waals surface area contributed by atoms with Gasteiger partial charge in [0.25, 0.3) is 0 Å². The monoisotopic (exact) mass is 352 g/mol. The second-order valence-corrected chi connectivity index (χ2v) is 7.37. The average Bonchev–Trinajstić information content (AvgIpc) is 3.37. The van der Waals surface area contributed by atoms with E-state index in [1.807, 2.05) is 25.1 Å². The van der Waals surface area contributed by atoms with E-state index in [9.17, 15) is 4.79 Å². The predicted molar refractivity (Wildman–Crippen MR) is 99.6 cm³/mol. The number of hydrogen-bond acceptors (Lipinski definition) is 4. The Morgan fingerprint density at radius 1 is 1.28 bits per heavy atom. The molecular weight excluding hydrogens is 332 g/mol. The van der Waals surface area contributed by atoms with Gasteiger partial charge in [-0.1, -0.05) is 54.2 Å². The van der Waals surface area contributed by atoms with Gasteiger partial charge in [-0.05, 0) is 36.1 Å². The summed E-state index contributed by atoms with van der Waals surface area (Å²) in [6, 6.07) is 14.4. The summed E-state index contributed by atoms with van der Waals surface area (Å²) in [5.41, 5.74) is 1.13. The number of H-pyrrole nitrogens is 1. The molecule has 0 aliphatic heterocycles. The van der Waals surface area contributed by atoms with Gasteiger partial charge in [-0.15, -0.1) is 5.10 Å². The number of benzene rings is 2. The van der Waals surface area contributed by atoms with E-state index in [2.05, 4.69) is 44.8 Å². The minimum Gasteiger partial charge on any atom is -0.349 e. The third kappa shape index (κ3) is 3.69. The summed E-state index contributed by atoms with van der Waals surface area (Å²) in [5, 5.41) is 13.2. The van der Waals surface area contributed by atoms with Gasteiger partial charge in [0, 0.05) is 5.92 Å². The smallest absolute Gasteiger partial charge is 0.230 e. The van der Waals surface area contributed by atoms with Crippen LogP contribution >= 0.6 is 11.8 Å². The van der Waals surface area contributed by atoms with Crippen molar-refractivity contribution in [3.05, 3.63) is 53.9 Å². The molecule has 1 heterocycles. The van der Waals surface area contributed by atoms with E-state index in [4.69, 9.17) is 0 Å². The van der Waals surface area contributed by atoms with Crippen LogP contribution in [0, 0.1) is 0 Å². The van der Waals surface area contributed by atoms with Crippen LogP contribution in [0.2, 0.25) is 0 Å². The molecule has 2 N–H and O–H groups in total. The number of carbonyl (C=O) groups excluding carboxylic acids is 1. The number of hydrogen-bond donors (Lipinski definition) is 2. The number of aromatic amines is 1. The van der Waals surface area contributed by atoms with Gasteiger partial charge in [0.1, 0.15) is 5.82 Å². The van der Waals surface area contributed by atoms with Crippen LogP contribution in [-0.4, -0.2) is 26.8 Å². The molecule has 1 unspecified atom stereocenters. The van der Waals surface area contributed by atoms with Crippen LogP contribution in [-0.2, 0) is 4.79 Å². The first-order valence-electron chi connectivity index (χ1n) is 8.53. The van der Waals surface area contributed by atoms with E-state index in [-0.39, 0.29) is 11.9 Å². The SMILES string of the molecule is CC(NC(=O)CSc1n[nH]c(C2CC2)n1)c1cccc2ccccc12. The molecule has 1 atom stereocenters. The van der Waals surface area contributed by atoms with Crippen LogP contribution in [0.15, 0.2) is 47.6 Å². The molecule has 1 aliphatic rings. The van der Waals surface area contributed by atoms with Gasteiger partial charge in [0.05, 0.1) is 11.8 Å². The summed E-state index contributed by atoms with van der Waals surface area (Å²) in [5.74, 6) is 1.80. The maximum absolute atomic E-state index is 12.3. The van der Waals surface area contributed by atoms with Gasteiger partial charge in [-0.25, -0.2) is 4.98 Å². The van der Waals surface area contributed by atoms with Gasteiger partial charge in [0.2, 0.25) is 11.1 Å². The van der Waals surface area contributed by atoms with E-state index in [1.165, 1.54) is 35.4 Å². The summed E-state index contributed by atoms with van der Waals surface area (Å²) in [6.07, 6.45) is 2.37. The second kappa shape index (κ2) is 6.88. The second-order valence-electron chi connectivity index (χ2n) is 6.42. The molecule has 2 aromatic carbocycles. The van der Waals surface area contributed by atoms with Crippen molar-refractivity contribution in [3.63, 3.8) is 0 Å². The molecule has 0 spiro atoms. The Morgan fingerprint density at radius 3 is 2.92 bits per heavy atom. The highest BCUT2D eigenvalue weighted by Gasteiger charge is 2.27. The standard InChI is InChI=1S/C19H20N4OS/c1-12(15-8-4-6-13-5-2-3-7-16(13)15)20-17(24)11-25-19-21-18(22-23-19)14-9-10-14/h2-8,12,14H,9-11H2,1H3,(H,20,24)(H,21,22,23). The molecule has 1 amide bonds. The minimum absolute atomic E-state index is 0.0109. The van der Waals surface area contributed by atoms with Gasteiger partial charge in [-0.2, -0.15) is 0 Å². The molecule has 5 nitrogen and oxygen atoms in total. The van der Waals surface area contributed by atoms with Gasteiger partial charge < -0.3 is 5.32 Å². The normalized spacial score (nSPS) is 15.2. The Labute approximate surface area is 150 Å². The van der Waals surface area contributed by atoms with E-state index < -0.39 is 0 Å². The molecule has 128 valence electrons. The van der Waals surface area contributed by atoms with Crippen molar-refractivity contribution in [2.24, 2.45) is 0 Å². The Balaban J connectivity index is 1.37. The lowest BCUT2D eigenvalue weighted by Crippen LogP contribution is -2.28. The number of nitrogens with one attached hydrogen (secondary N) is 2. The maximum Gasteiger partial charge on any atom is 0.230 e. The molecule has 0 radical (unpaired) electrons. The van der Waals surface area contributed by atoms with E-state index in [0.29, 0.717) is 16.8 Å². The minimum atomic E-state index is -0.0478. The molecule has 3 aromatic rings. The van der Waals surface area contributed by atoms with Crippen molar-refractivity contribution in [3.8, 4) is 0 Å². The predicted octanol–water partition coefficient (Wildman–Crippen LogP) is 3.80. The number of carbonyl (C=O) groups is 1. The van der Waals surface area contributed by atoms with Crippen LogP contribution in [0.5, 0.6) is 0 Å². The fourth-order valence-corrected chi connectivity index (χ4v) is 3.60. The first-order chi connectivity index (χ1) is 12.2. The molecule has 1 aromatic heterocycles. The van der Waals surface area contributed by atoms with Crippen molar-refractivity contribution in [1.29, 1.82) is 0 Å². The number of amides is 1. The van der Waals surface area contributed by atoms with Crippen LogP contribution in [0.1, 0.15) is 43.1 Å². The lowest BCUT2D eigenvalue weighted by Gasteiger charge is -2.16. The Bertz CT molecular complexity index is 898. The zero-order valence-electron chi connectivity index (χ0n) is 14.0. The summed E-state index contributed by atoms with van der Waals surface area (Å²) in [4.78, 5) is 16.7. The molecule has 25 heavy (non-hydrogen) atoms. The van der Waals surface area contributed by atoms with E-state index in [1.54, 1.807) is 0 Å². The molecule has 1 saturated carbocycles. The number of fused-ring (bicyclic) bond motifs is 1. The Hall–Kier alpha value is -2.34. The highest BCUT2D eigenvalue weighted by molar-refractivity contribution is 7.99. The quantitative estimate of drug-likeness (QED) is 0.662. The molecule has 1 aliphatic carbocycles. The van der Waals surface area contributed by atoms with Gasteiger partial charge >= 0.3 is 0 Å². The number of nitrogens with zero attached hydrogens (tertiary/aromatic N) is 2. The van der Waals surface area contributed by atoms with Gasteiger partial charge in [0.15, 0.2) is 0 Å².